The molecule has 282 valence electrons. The van der Waals surface area contributed by atoms with Crippen LogP contribution in [0.25, 0.3) is 86.6 Å². The summed E-state index contributed by atoms with van der Waals surface area (Å²) in [6.07, 6.45) is 0. The highest BCUT2D eigenvalue weighted by Crippen LogP contribution is 2.45. The van der Waals surface area contributed by atoms with Crippen molar-refractivity contribution in [3.8, 4) is 55.6 Å². The van der Waals surface area contributed by atoms with Gasteiger partial charge < -0.3 is 4.90 Å². The predicted molar refractivity (Wildman–Crippen MR) is 259 cm³/mol. The van der Waals surface area contributed by atoms with Crippen molar-refractivity contribution in [3.63, 3.8) is 0 Å². The average molecular weight is 782 g/mol. The summed E-state index contributed by atoms with van der Waals surface area (Å²) in [5, 5.41) is 5.11. The Morgan fingerprint density at radius 3 is 1.58 bits per heavy atom. The molecule has 0 atom stereocenters. The van der Waals surface area contributed by atoms with Crippen molar-refractivity contribution < 1.29 is 0 Å². The zero-order valence-electron chi connectivity index (χ0n) is 32.9. The van der Waals surface area contributed by atoms with E-state index in [1.54, 1.807) is 0 Å². The number of hydrogen-bond donors (Lipinski definition) is 0. The van der Waals surface area contributed by atoms with E-state index in [1.807, 2.05) is 11.3 Å². The highest BCUT2D eigenvalue weighted by Gasteiger charge is 2.20. The Balaban J connectivity index is 1.04. The van der Waals surface area contributed by atoms with Gasteiger partial charge in [0.1, 0.15) is 0 Å². The quantitative estimate of drug-likeness (QED) is 0.148. The number of para-hydroxylation sites is 1. The first-order chi connectivity index (χ1) is 29.7. The Morgan fingerprint density at radius 1 is 0.267 bits per heavy atom. The fourth-order valence-electron chi connectivity index (χ4n) is 8.76. The van der Waals surface area contributed by atoms with Crippen LogP contribution in [0.2, 0.25) is 0 Å². The SMILES string of the molecule is c1ccc(-c2ccc(-c3ccc(N(c4cccc(-c5ccccc5-c5cccc6ccccc56)c4)c4ccccc4-c4ccc5c(c4)sc4ccccc45)cc3)cc2)cc1. The van der Waals surface area contributed by atoms with Gasteiger partial charge in [-0.3, -0.25) is 0 Å². The van der Waals surface area contributed by atoms with Crippen LogP contribution < -0.4 is 4.90 Å². The van der Waals surface area contributed by atoms with Crippen LogP contribution in [0.1, 0.15) is 0 Å². The summed E-state index contributed by atoms with van der Waals surface area (Å²) >= 11 is 1.86. The van der Waals surface area contributed by atoms with E-state index in [0.29, 0.717) is 0 Å². The third-order valence-corrected chi connectivity index (χ3v) is 12.8. The summed E-state index contributed by atoms with van der Waals surface area (Å²) < 4.78 is 2.61. The minimum Gasteiger partial charge on any atom is -0.310 e. The topological polar surface area (TPSA) is 3.24 Å². The Hall–Kier alpha value is -7.52. The van der Waals surface area contributed by atoms with Gasteiger partial charge in [0.25, 0.3) is 0 Å². The van der Waals surface area contributed by atoms with E-state index in [0.717, 1.165) is 17.1 Å². The minimum atomic E-state index is 1.09. The lowest BCUT2D eigenvalue weighted by Crippen LogP contribution is -2.11. The molecular weight excluding hydrogens is 743 g/mol. The van der Waals surface area contributed by atoms with Gasteiger partial charge in [-0.15, -0.1) is 11.3 Å². The number of benzene rings is 10. The van der Waals surface area contributed by atoms with Crippen molar-refractivity contribution in [1.82, 2.24) is 0 Å². The summed E-state index contributed by atoms with van der Waals surface area (Å²) in [5.74, 6) is 0. The van der Waals surface area contributed by atoms with Crippen LogP contribution in [0.15, 0.2) is 237 Å². The molecule has 0 spiro atoms. The van der Waals surface area contributed by atoms with Gasteiger partial charge in [-0.05, 0) is 103 Å². The summed E-state index contributed by atoms with van der Waals surface area (Å²) in [5.41, 5.74) is 15.3. The number of rotatable bonds is 8. The summed E-state index contributed by atoms with van der Waals surface area (Å²) in [6.45, 7) is 0. The molecular formula is C58H39NS. The lowest BCUT2D eigenvalue weighted by atomic mass is 9.91. The number of thiophene rings is 1. The van der Waals surface area contributed by atoms with E-state index >= 15 is 0 Å². The van der Waals surface area contributed by atoms with Gasteiger partial charge >= 0.3 is 0 Å². The molecule has 1 nitrogen and oxygen atoms in total. The van der Waals surface area contributed by atoms with Crippen LogP contribution >= 0.6 is 11.3 Å². The molecule has 60 heavy (non-hydrogen) atoms. The highest BCUT2D eigenvalue weighted by molar-refractivity contribution is 7.25. The largest absolute Gasteiger partial charge is 0.310 e. The lowest BCUT2D eigenvalue weighted by Gasteiger charge is -2.28. The number of fused-ring (bicyclic) bond motifs is 4. The van der Waals surface area contributed by atoms with Gasteiger partial charge in [0.05, 0.1) is 5.69 Å². The van der Waals surface area contributed by atoms with Crippen molar-refractivity contribution in [2.75, 3.05) is 4.90 Å². The second kappa shape index (κ2) is 15.3. The standard InChI is InChI=1S/C58H39NS/c1-2-14-40(15-3-1)41-28-30-42(31-29-41)43-32-35-47(36-33-43)59(56-26-10-8-22-51(56)46-34-37-55-54-24-9-11-27-57(54)60-58(55)39-46)48-19-12-18-45(38-48)50-21-6-7-23-52(50)53-25-13-17-44-16-4-5-20-49(44)53/h1-39H. The third kappa shape index (κ3) is 6.54. The van der Waals surface area contributed by atoms with Crippen molar-refractivity contribution >= 4 is 59.3 Å². The van der Waals surface area contributed by atoms with E-state index in [-0.39, 0.29) is 0 Å². The monoisotopic (exact) mass is 781 g/mol. The maximum absolute atomic E-state index is 2.43. The van der Waals surface area contributed by atoms with Gasteiger partial charge in [-0.2, -0.15) is 0 Å². The smallest absolute Gasteiger partial charge is 0.0540 e. The van der Waals surface area contributed by atoms with E-state index in [4.69, 9.17) is 0 Å². The molecule has 0 saturated carbocycles. The molecule has 0 aliphatic heterocycles. The van der Waals surface area contributed by atoms with Gasteiger partial charge in [-0.25, -0.2) is 0 Å². The molecule has 11 rings (SSSR count). The molecule has 0 radical (unpaired) electrons. The summed E-state index contributed by atoms with van der Waals surface area (Å²) in [4.78, 5) is 2.43. The number of nitrogens with zero attached hydrogens (tertiary/aromatic N) is 1. The van der Waals surface area contributed by atoms with Gasteiger partial charge in [-0.1, -0.05) is 194 Å². The van der Waals surface area contributed by atoms with Gasteiger partial charge in [0.2, 0.25) is 0 Å². The summed E-state index contributed by atoms with van der Waals surface area (Å²) in [7, 11) is 0. The Bertz CT molecular complexity index is 3300. The number of anilines is 3. The number of hydrogen-bond acceptors (Lipinski definition) is 2. The molecule has 0 fully saturated rings. The molecule has 1 aromatic heterocycles. The zero-order valence-corrected chi connectivity index (χ0v) is 33.7. The Kier molecular flexibility index (Phi) is 9.11. The second-order valence-corrected chi connectivity index (χ2v) is 16.4. The first kappa shape index (κ1) is 35.6. The molecule has 0 amide bonds. The molecule has 0 N–H and O–H groups in total. The molecule has 10 aromatic carbocycles. The highest BCUT2D eigenvalue weighted by atomic mass is 32.1. The van der Waals surface area contributed by atoms with E-state index in [1.165, 1.54) is 86.6 Å². The first-order valence-corrected chi connectivity index (χ1v) is 21.3. The molecule has 2 heteroatoms. The predicted octanol–water partition coefficient (Wildman–Crippen LogP) is 17.0. The fourth-order valence-corrected chi connectivity index (χ4v) is 9.91. The molecule has 11 aromatic rings. The van der Waals surface area contributed by atoms with Gasteiger partial charge in [0, 0.05) is 37.1 Å². The van der Waals surface area contributed by atoms with Crippen LogP contribution in [0.4, 0.5) is 17.1 Å². The fraction of sp³-hybridized carbons (Fsp3) is 0. The maximum atomic E-state index is 2.43. The first-order valence-electron chi connectivity index (χ1n) is 20.5. The third-order valence-electron chi connectivity index (χ3n) is 11.7. The van der Waals surface area contributed by atoms with Crippen molar-refractivity contribution in [2.24, 2.45) is 0 Å². The molecule has 0 aliphatic rings. The zero-order chi connectivity index (χ0) is 39.8. The van der Waals surface area contributed by atoms with Crippen LogP contribution in [-0.2, 0) is 0 Å². The normalized spacial score (nSPS) is 11.3. The Labute approximate surface area is 354 Å². The van der Waals surface area contributed by atoms with Crippen LogP contribution in [0, 0.1) is 0 Å². The molecule has 0 saturated heterocycles. The van der Waals surface area contributed by atoms with Crippen LogP contribution in [0.3, 0.4) is 0 Å². The van der Waals surface area contributed by atoms with E-state index in [2.05, 4.69) is 241 Å². The lowest BCUT2D eigenvalue weighted by molar-refractivity contribution is 1.28. The van der Waals surface area contributed by atoms with Crippen molar-refractivity contribution in [3.05, 3.63) is 237 Å². The van der Waals surface area contributed by atoms with Crippen molar-refractivity contribution in [2.45, 2.75) is 0 Å². The van der Waals surface area contributed by atoms with Crippen LogP contribution in [0.5, 0.6) is 0 Å². The second-order valence-electron chi connectivity index (χ2n) is 15.3. The van der Waals surface area contributed by atoms with E-state index < -0.39 is 0 Å². The van der Waals surface area contributed by atoms with Gasteiger partial charge in [0.15, 0.2) is 0 Å². The minimum absolute atomic E-state index is 1.09. The molecule has 0 aliphatic carbocycles. The van der Waals surface area contributed by atoms with Crippen molar-refractivity contribution in [1.29, 1.82) is 0 Å². The molecule has 0 bridgehead atoms. The Morgan fingerprint density at radius 2 is 0.783 bits per heavy atom. The molecule has 0 unspecified atom stereocenters. The maximum Gasteiger partial charge on any atom is 0.0540 e. The average Bonchev–Trinajstić information content (AvgIpc) is 3.70. The molecule has 1 heterocycles. The summed E-state index contributed by atoms with van der Waals surface area (Å²) in [6, 6.07) is 86.2. The van der Waals surface area contributed by atoms with Crippen LogP contribution in [-0.4, -0.2) is 0 Å². The van der Waals surface area contributed by atoms with E-state index in [9.17, 15) is 0 Å².